The maximum absolute atomic E-state index is 12.7. The largest absolute Gasteiger partial charge is 0.395 e. The average molecular weight is 361 g/mol. The zero-order valence-electron chi connectivity index (χ0n) is 15.3. The Morgan fingerprint density at radius 2 is 1.89 bits per heavy atom. The van der Waals surface area contributed by atoms with E-state index in [1.54, 1.807) is 12.3 Å². The highest BCUT2D eigenvalue weighted by atomic mass is 16.3. The van der Waals surface area contributed by atoms with Crippen molar-refractivity contribution in [3.8, 4) is 11.1 Å². The standard InChI is InChI=1S/C22H23N3O2/c1-16-19(18-6-3-2-4-7-18)8-5-9-20(16)25-22(27)21-14-17(10-11-24-21)15-23-12-13-26/h2-11,14,23,26H,12-13,15H2,1H3,(H,25,27). The van der Waals surface area contributed by atoms with Gasteiger partial charge in [-0.1, -0.05) is 42.5 Å². The van der Waals surface area contributed by atoms with Crippen LogP contribution < -0.4 is 10.6 Å². The highest BCUT2D eigenvalue weighted by molar-refractivity contribution is 6.03. The third-order valence-electron chi connectivity index (χ3n) is 4.34. The Kier molecular flexibility index (Phi) is 6.30. The molecule has 5 nitrogen and oxygen atoms in total. The van der Waals surface area contributed by atoms with Crippen molar-refractivity contribution in [2.45, 2.75) is 13.5 Å². The summed E-state index contributed by atoms with van der Waals surface area (Å²) in [5, 5.41) is 14.9. The molecule has 0 radical (unpaired) electrons. The molecule has 2 aromatic carbocycles. The molecular weight excluding hydrogens is 338 g/mol. The van der Waals surface area contributed by atoms with Crippen molar-refractivity contribution in [1.82, 2.24) is 10.3 Å². The van der Waals surface area contributed by atoms with Gasteiger partial charge in [0.1, 0.15) is 5.69 Å². The Morgan fingerprint density at radius 3 is 2.67 bits per heavy atom. The molecule has 3 N–H and O–H groups in total. The molecule has 138 valence electrons. The molecule has 1 heterocycles. The Morgan fingerprint density at radius 1 is 1.07 bits per heavy atom. The van der Waals surface area contributed by atoms with Gasteiger partial charge in [-0.15, -0.1) is 0 Å². The molecule has 0 unspecified atom stereocenters. The van der Waals surface area contributed by atoms with Crippen LogP contribution in [0.15, 0.2) is 66.9 Å². The van der Waals surface area contributed by atoms with Crippen LogP contribution in [0.5, 0.6) is 0 Å². The Hall–Kier alpha value is -3.02. The molecule has 1 aromatic heterocycles. The number of hydrogen-bond donors (Lipinski definition) is 3. The first-order valence-corrected chi connectivity index (χ1v) is 8.92. The Bertz CT molecular complexity index is 910. The van der Waals surface area contributed by atoms with E-state index in [0.29, 0.717) is 18.8 Å². The van der Waals surface area contributed by atoms with E-state index in [4.69, 9.17) is 5.11 Å². The molecule has 1 amide bonds. The predicted octanol–water partition coefficient (Wildman–Crippen LogP) is 3.39. The summed E-state index contributed by atoms with van der Waals surface area (Å²) in [5.74, 6) is -0.243. The van der Waals surface area contributed by atoms with Crippen molar-refractivity contribution in [3.05, 3.63) is 83.7 Å². The molecule has 0 aliphatic heterocycles. The highest BCUT2D eigenvalue weighted by Gasteiger charge is 2.12. The number of pyridine rings is 1. The van der Waals surface area contributed by atoms with Crippen molar-refractivity contribution in [1.29, 1.82) is 0 Å². The van der Waals surface area contributed by atoms with Gasteiger partial charge < -0.3 is 15.7 Å². The van der Waals surface area contributed by atoms with Crippen LogP contribution in [0.25, 0.3) is 11.1 Å². The quantitative estimate of drug-likeness (QED) is 0.564. The number of anilines is 1. The van der Waals surface area contributed by atoms with E-state index in [1.807, 2.05) is 49.4 Å². The summed E-state index contributed by atoms with van der Waals surface area (Å²) < 4.78 is 0. The monoisotopic (exact) mass is 361 g/mol. The zero-order chi connectivity index (χ0) is 19.1. The van der Waals surface area contributed by atoms with Crippen molar-refractivity contribution >= 4 is 11.6 Å². The number of amides is 1. The number of carbonyl (C=O) groups excluding carboxylic acids is 1. The smallest absolute Gasteiger partial charge is 0.274 e. The van der Waals surface area contributed by atoms with Crippen LogP contribution >= 0.6 is 0 Å². The zero-order valence-corrected chi connectivity index (χ0v) is 15.3. The summed E-state index contributed by atoms with van der Waals surface area (Å²) in [6, 6.07) is 19.6. The topological polar surface area (TPSA) is 74.2 Å². The molecule has 0 fully saturated rings. The van der Waals surface area contributed by atoms with Crippen LogP contribution in [-0.2, 0) is 6.54 Å². The van der Waals surface area contributed by atoms with Gasteiger partial charge in [-0.05, 0) is 47.4 Å². The minimum Gasteiger partial charge on any atom is -0.395 e. The molecule has 0 aliphatic rings. The van der Waals surface area contributed by atoms with Gasteiger partial charge in [0.25, 0.3) is 5.91 Å². The second kappa shape index (κ2) is 9.07. The fourth-order valence-corrected chi connectivity index (χ4v) is 2.91. The van der Waals surface area contributed by atoms with E-state index in [0.717, 1.165) is 27.9 Å². The number of aliphatic hydroxyl groups is 1. The van der Waals surface area contributed by atoms with Gasteiger partial charge in [0, 0.05) is 25.0 Å². The molecule has 0 atom stereocenters. The number of nitrogens with one attached hydrogen (secondary N) is 2. The maximum atomic E-state index is 12.7. The van der Waals surface area contributed by atoms with Crippen LogP contribution in [0.2, 0.25) is 0 Å². The number of hydrogen-bond acceptors (Lipinski definition) is 4. The lowest BCUT2D eigenvalue weighted by Crippen LogP contribution is -2.19. The van der Waals surface area contributed by atoms with Gasteiger partial charge in [0.2, 0.25) is 0 Å². The summed E-state index contributed by atoms with van der Waals surface area (Å²) >= 11 is 0. The number of aromatic nitrogens is 1. The summed E-state index contributed by atoms with van der Waals surface area (Å²) in [6.07, 6.45) is 1.62. The van der Waals surface area contributed by atoms with Crippen LogP contribution in [0.4, 0.5) is 5.69 Å². The third kappa shape index (κ3) is 4.78. The fraction of sp³-hybridized carbons (Fsp3) is 0.182. The van der Waals surface area contributed by atoms with E-state index in [2.05, 4.69) is 27.8 Å². The van der Waals surface area contributed by atoms with Gasteiger partial charge in [0.15, 0.2) is 0 Å². The summed E-state index contributed by atoms with van der Waals surface area (Å²) in [7, 11) is 0. The van der Waals surface area contributed by atoms with Crippen molar-refractivity contribution < 1.29 is 9.90 Å². The number of carbonyl (C=O) groups is 1. The van der Waals surface area contributed by atoms with Crippen molar-refractivity contribution in [3.63, 3.8) is 0 Å². The Balaban J connectivity index is 1.78. The van der Waals surface area contributed by atoms with Gasteiger partial charge in [0.05, 0.1) is 6.61 Å². The molecule has 0 saturated carbocycles. The number of benzene rings is 2. The van der Waals surface area contributed by atoms with Crippen molar-refractivity contribution in [2.75, 3.05) is 18.5 Å². The molecule has 27 heavy (non-hydrogen) atoms. The Labute approximate surface area is 159 Å². The minimum absolute atomic E-state index is 0.0788. The molecule has 3 rings (SSSR count). The molecule has 3 aromatic rings. The lowest BCUT2D eigenvalue weighted by atomic mass is 9.99. The summed E-state index contributed by atoms with van der Waals surface area (Å²) in [5.41, 5.74) is 5.29. The molecule has 5 heteroatoms. The molecule has 0 spiro atoms. The first-order valence-electron chi connectivity index (χ1n) is 8.92. The maximum Gasteiger partial charge on any atom is 0.274 e. The third-order valence-corrected chi connectivity index (χ3v) is 4.34. The SMILES string of the molecule is Cc1c(NC(=O)c2cc(CNCCO)ccn2)cccc1-c1ccccc1. The number of aliphatic hydroxyl groups excluding tert-OH is 1. The molecule has 0 aliphatic carbocycles. The van der Waals surface area contributed by atoms with Crippen LogP contribution in [0.3, 0.4) is 0 Å². The van der Waals surface area contributed by atoms with E-state index in [1.165, 1.54) is 0 Å². The van der Waals surface area contributed by atoms with Crippen molar-refractivity contribution in [2.24, 2.45) is 0 Å². The fourth-order valence-electron chi connectivity index (χ4n) is 2.91. The van der Waals surface area contributed by atoms with Crippen LogP contribution in [0, 0.1) is 6.92 Å². The van der Waals surface area contributed by atoms with Gasteiger partial charge in [-0.2, -0.15) is 0 Å². The van der Waals surface area contributed by atoms with Crippen LogP contribution in [0.1, 0.15) is 21.6 Å². The normalized spacial score (nSPS) is 10.6. The molecule has 0 saturated heterocycles. The minimum atomic E-state index is -0.243. The molecule has 0 bridgehead atoms. The average Bonchev–Trinajstić information content (AvgIpc) is 2.70. The lowest BCUT2D eigenvalue weighted by Gasteiger charge is -2.13. The van der Waals surface area contributed by atoms with Gasteiger partial charge in [-0.25, -0.2) is 0 Å². The summed E-state index contributed by atoms with van der Waals surface area (Å²) in [4.78, 5) is 16.8. The van der Waals surface area contributed by atoms with Gasteiger partial charge in [-0.3, -0.25) is 9.78 Å². The van der Waals surface area contributed by atoms with E-state index < -0.39 is 0 Å². The summed E-state index contributed by atoms with van der Waals surface area (Å²) in [6.45, 7) is 3.16. The second-order valence-electron chi connectivity index (χ2n) is 6.25. The highest BCUT2D eigenvalue weighted by Crippen LogP contribution is 2.28. The lowest BCUT2D eigenvalue weighted by molar-refractivity contribution is 0.102. The number of rotatable bonds is 7. The second-order valence-corrected chi connectivity index (χ2v) is 6.25. The molecular formula is C22H23N3O2. The number of nitrogens with zero attached hydrogens (tertiary/aromatic N) is 1. The predicted molar refractivity (Wildman–Crippen MR) is 108 cm³/mol. The van der Waals surface area contributed by atoms with E-state index >= 15 is 0 Å². The first-order chi connectivity index (χ1) is 13.2. The van der Waals surface area contributed by atoms with E-state index in [-0.39, 0.29) is 12.5 Å². The van der Waals surface area contributed by atoms with E-state index in [9.17, 15) is 4.79 Å². The van der Waals surface area contributed by atoms with Gasteiger partial charge >= 0.3 is 0 Å². The first kappa shape index (κ1) is 18.8. The van der Waals surface area contributed by atoms with Crippen LogP contribution in [-0.4, -0.2) is 29.1 Å².